The highest BCUT2D eigenvalue weighted by Crippen LogP contribution is 2.31. The van der Waals surface area contributed by atoms with E-state index in [2.05, 4.69) is 11.9 Å². The molecule has 6 heteroatoms. The normalized spacial score (nSPS) is 11.2. The summed E-state index contributed by atoms with van der Waals surface area (Å²) in [4.78, 5) is 0. The largest absolute Gasteiger partial charge is 0.416 e. The van der Waals surface area contributed by atoms with Crippen LogP contribution in [0.2, 0.25) is 0 Å². The van der Waals surface area contributed by atoms with Crippen LogP contribution in [0.1, 0.15) is 5.56 Å². The summed E-state index contributed by atoms with van der Waals surface area (Å²) in [7, 11) is 0. The van der Waals surface area contributed by atoms with Crippen LogP contribution in [0.25, 0.3) is 0 Å². The molecule has 0 spiro atoms. The monoisotopic (exact) mass is 220 g/mol. The van der Waals surface area contributed by atoms with Gasteiger partial charge in [-0.3, -0.25) is 0 Å². The lowest BCUT2D eigenvalue weighted by Gasteiger charge is -2.10. The Morgan fingerprint density at radius 1 is 1.27 bits per heavy atom. The summed E-state index contributed by atoms with van der Waals surface area (Å²) in [5.41, 5.74) is 3.96. The quantitative estimate of drug-likeness (QED) is 0.752. The average molecular weight is 220 g/mol. The Balaban J connectivity index is 3.11. The van der Waals surface area contributed by atoms with Gasteiger partial charge < -0.3 is 11.1 Å². The standard InChI is InChI=1S/C9H8F4N2/c1-5(14)15-8-3-6(9(11,12)13)2-7(10)4-8/h2-4,15H,1,14H2. The van der Waals surface area contributed by atoms with E-state index in [9.17, 15) is 17.6 Å². The van der Waals surface area contributed by atoms with Crippen LogP contribution in [0.4, 0.5) is 23.2 Å². The molecule has 0 heterocycles. The molecule has 82 valence electrons. The van der Waals surface area contributed by atoms with Crippen LogP contribution in [0, 0.1) is 5.82 Å². The second kappa shape index (κ2) is 3.80. The topological polar surface area (TPSA) is 38.0 Å². The molecule has 0 atom stereocenters. The summed E-state index contributed by atoms with van der Waals surface area (Å²) in [6, 6.07) is 2.05. The minimum atomic E-state index is -4.59. The van der Waals surface area contributed by atoms with Gasteiger partial charge in [0, 0.05) is 5.69 Å². The zero-order valence-electron chi connectivity index (χ0n) is 7.53. The molecule has 0 aliphatic carbocycles. The molecule has 0 radical (unpaired) electrons. The number of alkyl halides is 3. The fraction of sp³-hybridized carbons (Fsp3) is 0.111. The Morgan fingerprint density at radius 3 is 2.33 bits per heavy atom. The fourth-order valence-electron chi connectivity index (χ4n) is 1.01. The maximum atomic E-state index is 12.8. The van der Waals surface area contributed by atoms with Gasteiger partial charge in [0.2, 0.25) is 0 Å². The van der Waals surface area contributed by atoms with Crippen molar-refractivity contribution in [2.75, 3.05) is 5.32 Å². The van der Waals surface area contributed by atoms with E-state index in [1.807, 2.05) is 0 Å². The SMILES string of the molecule is C=C(N)Nc1cc(F)cc(C(F)(F)F)c1. The van der Waals surface area contributed by atoms with Crippen molar-refractivity contribution in [3.05, 3.63) is 42.0 Å². The number of benzene rings is 1. The number of hydrogen-bond acceptors (Lipinski definition) is 2. The smallest absolute Gasteiger partial charge is 0.386 e. The number of halogens is 4. The van der Waals surface area contributed by atoms with Crippen molar-refractivity contribution >= 4 is 5.69 Å². The van der Waals surface area contributed by atoms with E-state index >= 15 is 0 Å². The van der Waals surface area contributed by atoms with Crippen molar-refractivity contribution < 1.29 is 17.6 Å². The highest BCUT2D eigenvalue weighted by molar-refractivity contribution is 5.50. The van der Waals surface area contributed by atoms with Gasteiger partial charge in [0.05, 0.1) is 11.4 Å². The van der Waals surface area contributed by atoms with Gasteiger partial charge in [0.25, 0.3) is 0 Å². The minimum Gasteiger partial charge on any atom is -0.386 e. The van der Waals surface area contributed by atoms with Crippen LogP contribution in [0.3, 0.4) is 0 Å². The zero-order chi connectivity index (χ0) is 11.6. The van der Waals surface area contributed by atoms with Crippen LogP contribution in [-0.2, 0) is 6.18 Å². The summed E-state index contributed by atoms with van der Waals surface area (Å²) >= 11 is 0. The molecule has 0 aliphatic rings. The Kier molecular flexibility index (Phi) is 2.88. The highest BCUT2D eigenvalue weighted by Gasteiger charge is 2.31. The molecule has 1 rings (SSSR count). The van der Waals surface area contributed by atoms with Gasteiger partial charge >= 0.3 is 6.18 Å². The maximum Gasteiger partial charge on any atom is 0.416 e. The first-order chi connectivity index (χ1) is 6.79. The highest BCUT2D eigenvalue weighted by atomic mass is 19.4. The molecule has 0 bridgehead atoms. The fourth-order valence-corrected chi connectivity index (χ4v) is 1.01. The third-order valence-electron chi connectivity index (χ3n) is 1.53. The molecule has 0 saturated carbocycles. The van der Waals surface area contributed by atoms with Crippen molar-refractivity contribution in [1.82, 2.24) is 0 Å². The van der Waals surface area contributed by atoms with Crippen molar-refractivity contribution in [1.29, 1.82) is 0 Å². The molecule has 1 aromatic rings. The molecule has 15 heavy (non-hydrogen) atoms. The van der Waals surface area contributed by atoms with Crippen molar-refractivity contribution in [3.8, 4) is 0 Å². The van der Waals surface area contributed by atoms with E-state index in [0.717, 1.165) is 12.1 Å². The van der Waals surface area contributed by atoms with Crippen LogP contribution >= 0.6 is 0 Å². The molecule has 2 nitrogen and oxygen atoms in total. The molecular weight excluding hydrogens is 212 g/mol. The van der Waals surface area contributed by atoms with Crippen LogP contribution < -0.4 is 11.1 Å². The molecule has 0 amide bonds. The molecule has 1 aromatic carbocycles. The Bertz CT molecular complexity index is 384. The van der Waals surface area contributed by atoms with Gasteiger partial charge in [0.15, 0.2) is 0 Å². The Hall–Kier alpha value is -1.72. The van der Waals surface area contributed by atoms with E-state index in [4.69, 9.17) is 5.73 Å². The first-order valence-electron chi connectivity index (χ1n) is 3.88. The molecule has 0 unspecified atom stereocenters. The average Bonchev–Trinajstić information content (AvgIpc) is 1.99. The Morgan fingerprint density at radius 2 is 1.87 bits per heavy atom. The van der Waals surface area contributed by atoms with Crippen LogP contribution in [0.15, 0.2) is 30.6 Å². The number of hydrogen-bond donors (Lipinski definition) is 2. The van der Waals surface area contributed by atoms with Crippen molar-refractivity contribution in [3.63, 3.8) is 0 Å². The predicted octanol–water partition coefficient (Wildman–Crippen LogP) is 2.69. The van der Waals surface area contributed by atoms with Crippen LogP contribution in [0.5, 0.6) is 0 Å². The third-order valence-corrected chi connectivity index (χ3v) is 1.53. The molecule has 0 aliphatic heterocycles. The number of rotatable bonds is 2. The second-order valence-electron chi connectivity index (χ2n) is 2.88. The number of nitrogens with two attached hydrogens (primary N) is 1. The number of nitrogens with one attached hydrogen (secondary N) is 1. The van der Waals surface area contributed by atoms with Gasteiger partial charge in [-0.1, -0.05) is 6.58 Å². The minimum absolute atomic E-state index is 0.0614. The van der Waals surface area contributed by atoms with Gasteiger partial charge in [-0.15, -0.1) is 0 Å². The van der Waals surface area contributed by atoms with E-state index < -0.39 is 17.6 Å². The van der Waals surface area contributed by atoms with E-state index in [-0.39, 0.29) is 11.5 Å². The molecular formula is C9H8F4N2. The molecule has 0 saturated heterocycles. The molecule has 3 N–H and O–H groups in total. The summed E-state index contributed by atoms with van der Waals surface area (Å²) in [6.07, 6.45) is -4.59. The zero-order valence-corrected chi connectivity index (χ0v) is 7.53. The lowest BCUT2D eigenvalue weighted by molar-refractivity contribution is -0.137. The Labute approximate surface area is 83.4 Å². The predicted molar refractivity (Wildman–Crippen MR) is 48.4 cm³/mol. The molecule has 0 aromatic heterocycles. The van der Waals surface area contributed by atoms with Crippen molar-refractivity contribution in [2.45, 2.75) is 6.18 Å². The second-order valence-corrected chi connectivity index (χ2v) is 2.88. The summed E-state index contributed by atoms with van der Waals surface area (Å²) < 4.78 is 49.5. The van der Waals surface area contributed by atoms with E-state index in [1.54, 1.807) is 0 Å². The maximum absolute atomic E-state index is 12.8. The molecule has 0 fully saturated rings. The summed E-state index contributed by atoms with van der Waals surface area (Å²) in [6.45, 7) is 3.23. The van der Waals surface area contributed by atoms with Crippen LogP contribution in [-0.4, -0.2) is 0 Å². The summed E-state index contributed by atoms with van der Waals surface area (Å²) in [5, 5.41) is 2.30. The van der Waals surface area contributed by atoms with E-state index in [1.165, 1.54) is 0 Å². The van der Waals surface area contributed by atoms with Gasteiger partial charge in [0.1, 0.15) is 5.82 Å². The van der Waals surface area contributed by atoms with Crippen molar-refractivity contribution in [2.24, 2.45) is 5.73 Å². The lowest BCUT2D eigenvalue weighted by atomic mass is 10.2. The van der Waals surface area contributed by atoms with Gasteiger partial charge in [-0.2, -0.15) is 13.2 Å². The summed E-state index contributed by atoms with van der Waals surface area (Å²) in [5.74, 6) is -1.05. The third kappa shape index (κ3) is 3.16. The first-order valence-corrected chi connectivity index (χ1v) is 3.88. The lowest BCUT2D eigenvalue weighted by Crippen LogP contribution is -2.10. The van der Waals surface area contributed by atoms with Gasteiger partial charge in [-0.25, -0.2) is 4.39 Å². The van der Waals surface area contributed by atoms with Gasteiger partial charge in [-0.05, 0) is 18.2 Å². The first kappa shape index (κ1) is 11.4. The number of anilines is 1. The van der Waals surface area contributed by atoms with E-state index in [0.29, 0.717) is 6.07 Å².